The fraction of sp³-hybridized carbons (Fsp3) is 0.932. The summed E-state index contributed by atoms with van der Waals surface area (Å²) < 4.78 is 47.6. The Hall–Kier alpha value is -1.16. The predicted molar refractivity (Wildman–Crippen MR) is 227 cm³/mol. The van der Waals surface area contributed by atoms with E-state index in [1.54, 1.807) is 0 Å². The molecule has 6 N–H and O–H groups in total. The van der Waals surface area contributed by atoms with Crippen molar-refractivity contribution in [2.75, 3.05) is 13.2 Å². The molecule has 0 aromatic carbocycles. The van der Waals surface area contributed by atoms with E-state index in [-0.39, 0.29) is 18.9 Å². The molecule has 12 nitrogen and oxygen atoms in total. The lowest BCUT2D eigenvalue weighted by Crippen LogP contribution is -2.61. The number of hydrogen-bond donors (Lipinski definition) is 6. The van der Waals surface area contributed by atoms with Crippen molar-refractivity contribution in [3.05, 3.63) is 12.2 Å². The van der Waals surface area contributed by atoms with E-state index in [4.69, 9.17) is 9.47 Å². The second-order valence-electron chi connectivity index (χ2n) is 16.3. The van der Waals surface area contributed by atoms with Crippen LogP contribution in [-0.2, 0) is 28.9 Å². The van der Waals surface area contributed by atoms with E-state index in [0.717, 1.165) is 51.4 Å². The van der Waals surface area contributed by atoms with Crippen LogP contribution in [0.5, 0.6) is 0 Å². The third kappa shape index (κ3) is 28.9. The number of amides is 1. The lowest BCUT2D eigenvalue weighted by atomic mass is 9.99. The molecule has 7 atom stereocenters. The summed E-state index contributed by atoms with van der Waals surface area (Å²) in [6.45, 7) is 3.43. The quantitative estimate of drug-likeness (QED) is 0.0197. The van der Waals surface area contributed by atoms with Crippen LogP contribution in [0.2, 0.25) is 0 Å². The average Bonchev–Trinajstić information content (AvgIpc) is 3.18. The molecule has 0 spiro atoms. The normalized spacial score (nSPS) is 21.3. The van der Waals surface area contributed by atoms with Crippen LogP contribution in [0, 0.1) is 0 Å². The Morgan fingerprint density at radius 1 is 0.684 bits per heavy atom. The molecule has 57 heavy (non-hydrogen) atoms. The standard InChI is InChI=1S/C44H85NO11S/c1-3-5-7-9-11-13-15-17-19-21-23-25-27-29-31-33-38(47)37(36-54-44-42(50)43(56-57(51,52)53)41(49)39(35-46)55-44)45-40(48)34-32-30-28-26-24-22-20-18-16-14-12-10-8-6-4-2/h14,16,37-39,41-44,46-47,49-50H,3-13,15,17-36H2,1-2H3,(H,45,48)(H,51,52,53)/b16-14-. The van der Waals surface area contributed by atoms with Gasteiger partial charge in [0.15, 0.2) is 6.29 Å². The minimum absolute atomic E-state index is 0.234. The summed E-state index contributed by atoms with van der Waals surface area (Å²) in [5.74, 6) is -0.234. The molecule has 0 aromatic heterocycles. The number of aliphatic hydroxyl groups is 4. The van der Waals surface area contributed by atoms with Gasteiger partial charge >= 0.3 is 10.4 Å². The van der Waals surface area contributed by atoms with Gasteiger partial charge in [-0.05, 0) is 38.5 Å². The Kier molecular flexibility index (Phi) is 33.6. The SMILES string of the molecule is CCCCCC/C=C\CCCCCCCCCC(=O)NC(COC1OC(CO)C(O)C(OS(=O)(=O)O)C1O)C(O)CCCCCCCCCCCCCCCCC. The van der Waals surface area contributed by atoms with Crippen LogP contribution in [0.1, 0.15) is 206 Å². The van der Waals surface area contributed by atoms with Gasteiger partial charge in [-0.1, -0.05) is 174 Å². The molecule has 7 unspecified atom stereocenters. The van der Waals surface area contributed by atoms with Crippen molar-refractivity contribution in [1.82, 2.24) is 5.32 Å². The predicted octanol–water partition coefficient (Wildman–Crippen LogP) is 8.77. The van der Waals surface area contributed by atoms with Gasteiger partial charge in [-0.2, -0.15) is 8.42 Å². The van der Waals surface area contributed by atoms with Crippen LogP contribution < -0.4 is 5.32 Å². The van der Waals surface area contributed by atoms with E-state index in [2.05, 4.69) is 35.5 Å². The highest BCUT2D eigenvalue weighted by Gasteiger charge is 2.48. The van der Waals surface area contributed by atoms with Crippen molar-refractivity contribution < 1.29 is 51.8 Å². The van der Waals surface area contributed by atoms with Crippen LogP contribution in [-0.4, -0.2) is 95.4 Å². The molecule has 1 amide bonds. The molecule has 1 aliphatic heterocycles. The summed E-state index contributed by atoms with van der Waals surface area (Å²) in [7, 11) is -5.07. The lowest BCUT2D eigenvalue weighted by Gasteiger charge is -2.41. The maximum absolute atomic E-state index is 13.0. The number of nitrogens with one attached hydrogen (secondary N) is 1. The first-order valence-corrected chi connectivity index (χ1v) is 24.4. The van der Waals surface area contributed by atoms with Crippen molar-refractivity contribution in [2.24, 2.45) is 0 Å². The molecule has 1 aliphatic rings. The molecule has 1 rings (SSSR count). The van der Waals surface area contributed by atoms with Crippen molar-refractivity contribution in [1.29, 1.82) is 0 Å². The minimum Gasteiger partial charge on any atom is -0.394 e. The second-order valence-corrected chi connectivity index (χ2v) is 17.4. The zero-order valence-electron chi connectivity index (χ0n) is 35.9. The van der Waals surface area contributed by atoms with Gasteiger partial charge in [0.1, 0.15) is 24.4 Å². The van der Waals surface area contributed by atoms with E-state index in [1.165, 1.54) is 122 Å². The van der Waals surface area contributed by atoms with Crippen molar-refractivity contribution in [3.8, 4) is 0 Å². The number of allylic oxidation sites excluding steroid dienone is 2. The number of rotatable bonds is 39. The number of unbranched alkanes of at least 4 members (excludes halogenated alkanes) is 25. The average molecular weight is 836 g/mol. The summed E-state index contributed by atoms with van der Waals surface area (Å²) in [5.41, 5.74) is 0. The van der Waals surface area contributed by atoms with Gasteiger partial charge in [0.25, 0.3) is 0 Å². The number of carbonyl (C=O) groups excluding carboxylic acids is 1. The van der Waals surface area contributed by atoms with Crippen molar-refractivity contribution >= 4 is 16.3 Å². The van der Waals surface area contributed by atoms with Gasteiger partial charge in [-0.3, -0.25) is 9.35 Å². The third-order valence-corrected chi connectivity index (χ3v) is 11.5. The van der Waals surface area contributed by atoms with Gasteiger partial charge in [0, 0.05) is 6.42 Å². The second kappa shape index (κ2) is 35.6. The van der Waals surface area contributed by atoms with Crippen molar-refractivity contribution in [2.45, 2.75) is 249 Å². The summed E-state index contributed by atoms with van der Waals surface area (Å²) in [6, 6.07) is -0.856. The summed E-state index contributed by atoms with van der Waals surface area (Å²) in [6.07, 6.45) is 29.2. The number of aliphatic hydroxyl groups excluding tert-OH is 4. The molecule has 0 aliphatic carbocycles. The lowest BCUT2D eigenvalue weighted by molar-refractivity contribution is -0.298. The Balaban J connectivity index is 2.51. The Labute approximate surface area is 347 Å². The molecule has 1 saturated heterocycles. The maximum atomic E-state index is 13.0. The maximum Gasteiger partial charge on any atom is 0.397 e. The van der Waals surface area contributed by atoms with Gasteiger partial charge < -0.3 is 35.2 Å². The first-order valence-electron chi connectivity index (χ1n) is 23.1. The monoisotopic (exact) mass is 836 g/mol. The first-order chi connectivity index (χ1) is 27.5. The minimum atomic E-state index is -5.07. The van der Waals surface area contributed by atoms with E-state index in [1.807, 2.05) is 0 Å². The molecule has 0 saturated carbocycles. The van der Waals surface area contributed by atoms with Crippen molar-refractivity contribution in [3.63, 3.8) is 0 Å². The Bertz CT molecular complexity index is 1080. The summed E-state index contributed by atoms with van der Waals surface area (Å²) in [5, 5.41) is 44.8. The Morgan fingerprint density at radius 3 is 1.60 bits per heavy atom. The molecular weight excluding hydrogens is 751 g/mol. The third-order valence-electron chi connectivity index (χ3n) is 11.1. The zero-order chi connectivity index (χ0) is 42.0. The number of hydrogen-bond acceptors (Lipinski definition) is 10. The molecule has 0 bridgehead atoms. The van der Waals surface area contributed by atoms with Crippen LogP contribution in [0.15, 0.2) is 12.2 Å². The highest BCUT2D eigenvalue weighted by molar-refractivity contribution is 7.80. The molecule has 13 heteroatoms. The van der Waals surface area contributed by atoms with Gasteiger partial charge in [-0.15, -0.1) is 0 Å². The molecular formula is C44H85NO11S. The summed E-state index contributed by atoms with van der Waals surface area (Å²) in [4.78, 5) is 13.0. The van der Waals surface area contributed by atoms with E-state index in [0.29, 0.717) is 12.8 Å². The fourth-order valence-electron chi connectivity index (χ4n) is 7.45. The molecule has 0 aromatic rings. The van der Waals surface area contributed by atoms with Gasteiger partial charge in [0.2, 0.25) is 5.91 Å². The first kappa shape index (κ1) is 53.9. The Morgan fingerprint density at radius 2 is 1.12 bits per heavy atom. The van der Waals surface area contributed by atoms with E-state index < -0.39 is 59.9 Å². The fourth-order valence-corrected chi connectivity index (χ4v) is 7.96. The number of ether oxygens (including phenoxy) is 2. The largest absolute Gasteiger partial charge is 0.397 e. The molecule has 338 valence electrons. The highest BCUT2D eigenvalue weighted by Crippen LogP contribution is 2.26. The van der Waals surface area contributed by atoms with Crippen LogP contribution in [0.3, 0.4) is 0 Å². The number of carbonyl (C=O) groups is 1. The highest BCUT2D eigenvalue weighted by atomic mass is 32.3. The van der Waals surface area contributed by atoms with E-state index >= 15 is 0 Å². The molecule has 1 heterocycles. The zero-order valence-corrected chi connectivity index (χ0v) is 36.7. The molecule has 1 fully saturated rings. The smallest absolute Gasteiger partial charge is 0.394 e. The van der Waals surface area contributed by atoms with Gasteiger partial charge in [0.05, 0.1) is 25.4 Å². The molecule has 0 radical (unpaired) electrons. The van der Waals surface area contributed by atoms with Crippen LogP contribution in [0.4, 0.5) is 0 Å². The van der Waals surface area contributed by atoms with Crippen LogP contribution >= 0.6 is 0 Å². The van der Waals surface area contributed by atoms with Crippen LogP contribution in [0.25, 0.3) is 0 Å². The summed E-state index contributed by atoms with van der Waals surface area (Å²) >= 11 is 0. The topological polar surface area (TPSA) is 192 Å². The van der Waals surface area contributed by atoms with Gasteiger partial charge in [-0.25, -0.2) is 4.18 Å². The van der Waals surface area contributed by atoms with E-state index in [9.17, 15) is 38.2 Å².